The van der Waals surface area contributed by atoms with Gasteiger partial charge in [0.15, 0.2) is 0 Å². The summed E-state index contributed by atoms with van der Waals surface area (Å²) in [6, 6.07) is 0. The van der Waals surface area contributed by atoms with Crippen LogP contribution in [0.3, 0.4) is 0 Å². The zero-order valence-electron chi connectivity index (χ0n) is 6.34. The fraction of sp³-hybridized carbons (Fsp3) is 0. The molecule has 0 aromatic rings. The second kappa shape index (κ2) is 10.2. The fourth-order valence-corrected chi connectivity index (χ4v) is 0. The minimum Gasteiger partial charge on any atom is -1.00 e. The van der Waals surface area contributed by atoms with E-state index >= 15 is 0 Å². The predicted octanol–water partition coefficient (Wildman–Crippen LogP) is -6.50. The molecule has 0 spiro atoms. The number of aliphatic carboxylic acids is 1. The Balaban J connectivity index is -0.0000000133. The molecule has 0 saturated heterocycles. The largest absolute Gasteiger partial charge is 1.00 e. The normalized spacial score (nSPS) is 4.57. The summed E-state index contributed by atoms with van der Waals surface area (Å²) in [5.74, 6) is -1.43. The van der Waals surface area contributed by atoms with Crippen LogP contribution in [0, 0.1) is 0 Å². The van der Waals surface area contributed by atoms with Crippen LogP contribution in [0.4, 0.5) is 0 Å². The van der Waals surface area contributed by atoms with Crippen molar-refractivity contribution in [1.82, 2.24) is 0 Å². The maximum absolute atomic E-state index is 9.00. The molecular weight excluding hydrogens is 118 g/mol. The number of carboxylic acids is 1. The summed E-state index contributed by atoms with van der Waals surface area (Å²) in [5.41, 5.74) is 0. The molecule has 0 fully saturated rings. The molecule has 1 N–H and O–H groups in total. The molecule has 0 unspecified atom stereocenters. The molecule has 0 aliphatic heterocycles. The van der Waals surface area contributed by atoms with E-state index in [-0.39, 0.29) is 68.3 Å². The van der Waals surface area contributed by atoms with Crippen molar-refractivity contribution in [3.8, 4) is 0 Å². The Bertz CT molecular complexity index is 68.8. The van der Waals surface area contributed by atoms with E-state index in [0.717, 1.165) is 0 Å². The molecule has 0 rings (SSSR count). The van der Waals surface area contributed by atoms with Crippen molar-refractivity contribution < 1.29 is 76.7 Å². The Kier molecular flexibility index (Phi) is 22.9. The average Bonchev–Trinajstić information content (AvgIpc) is 1.38. The number of carbonyl (C=O) groups is 2. The molecule has 0 aromatic carbocycles. The maximum atomic E-state index is 9.00. The van der Waals surface area contributed by atoms with Gasteiger partial charge in [-0.2, -0.15) is 0 Å². The molecule has 0 amide bonds. The zero-order chi connectivity index (χ0) is 4.28. The minimum atomic E-state index is -1.43. The third-order valence-corrected chi connectivity index (χ3v) is 0.101. The van der Waals surface area contributed by atoms with Crippen LogP contribution < -0.4 is 59.1 Å². The van der Waals surface area contributed by atoms with E-state index < -0.39 is 5.97 Å². The molecule has 32 valence electrons. The number of carbonyl (C=O) groups excluding carboxylic acids is 1. The van der Waals surface area contributed by atoms with Gasteiger partial charge in [-0.1, -0.05) is 0 Å². The van der Waals surface area contributed by atoms with Crippen LogP contribution in [0.1, 0.15) is 2.85 Å². The first kappa shape index (κ1) is 15.7. The summed E-state index contributed by atoms with van der Waals surface area (Å²) in [6.07, 6.45) is -0.167. The number of aldehydes is 1. The van der Waals surface area contributed by atoms with E-state index in [1.807, 2.05) is 0 Å². The Labute approximate surface area is 88.0 Å². The molecular formula is C2H4Na2O3. The molecule has 0 aliphatic rings. The van der Waals surface area contributed by atoms with Gasteiger partial charge >= 0.3 is 65.1 Å². The van der Waals surface area contributed by atoms with E-state index in [9.17, 15) is 0 Å². The van der Waals surface area contributed by atoms with Gasteiger partial charge in [0.1, 0.15) is 0 Å². The van der Waals surface area contributed by atoms with E-state index in [4.69, 9.17) is 14.7 Å². The summed E-state index contributed by atoms with van der Waals surface area (Å²) in [4.78, 5) is 17.9. The third kappa shape index (κ3) is 19.1. The molecule has 3 nitrogen and oxygen atoms in total. The van der Waals surface area contributed by atoms with Gasteiger partial charge in [-0.05, 0) is 0 Å². The molecule has 0 aliphatic carbocycles. The first-order valence-corrected chi connectivity index (χ1v) is 0.952. The van der Waals surface area contributed by atoms with Crippen LogP contribution in [0.25, 0.3) is 0 Å². The number of hydrogen-bond acceptors (Lipinski definition) is 2. The minimum absolute atomic E-state index is 0. The van der Waals surface area contributed by atoms with Crippen molar-refractivity contribution in [2.75, 3.05) is 0 Å². The van der Waals surface area contributed by atoms with Crippen molar-refractivity contribution >= 4 is 12.3 Å². The monoisotopic (exact) mass is 122 g/mol. The van der Waals surface area contributed by atoms with Crippen LogP contribution in [-0.4, -0.2) is 17.4 Å². The standard InChI is InChI=1S/C2H2O3.2Na.2H/c3-1-2(4)5;;;;/h1H,(H,4,5);;;;/q;2*+1;2*-1. The van der Waals surface area contributed by atoms with E-state index in [0.29, 0.717) is 0 Å². The zero-order valence-corrected chi connectivity index (χ0v) is 8.34. The van der Waals surface area contributed by atoms with E-state index in [1.54, 1.807) is 0 Å². The Morgan fingerprint density at radius 2 is 1.71 bits per heavy atom. The molecule has 0 bridgehead atoms. The van der Waals surface area contributed by atoms with E-state index in [2.05, 4.69) is 0 Å². The molecule has 5 heteroatoms. The van der Waals surface area contributed by atoms with Gasteiger partial charge in [-0.3, -0.25) is 4.79 Å². The van der Waals surface area contributed by atoms with Crippen molar-refractivity contribution in [3.63, 3.8) is 0 Å². The molecule has 0 atom stereocenters. The number of carboxylic acid groups (broad SMARTS) is 1. The van der Waals surface area contributed by atoms with Gasteiger partial charge in [0.2, 0.25) is 6.29 Å². The summed E-state index contributed by atoms with van der Waals surface area (Å²) in [6.45, 7) is 0. The first-order chi connectivity index (χ1) is 2.27. The van der Waals surface area contributed by atoms with Gasteiger partial charge in [0, 0.05) is 0 Å². The molecule has 0 heterocycles. The summed E-state index contributed by atoms with van der Waals surface area (Å²) in [7, 11) is 0. The van der Waals surface area contributed by atoms with Gasteiger partial charge in [-0.15, -0.1) is 0 Å². The van der Waals surface area contributed by atoms with Gasteiger partial charge in [0.25, 0.3) is 0 Å². The van der Waals surface area contributed by atoms with E-state index in [1.165, 1.54) is 0 Å². The van der Waals surface area contributed by atoms with Crippen molar-refractivity contribution in [2.24, 2.45) is 0 Å². The predicted molar refractivity (Wildman–Crippen MR) is 15.9 cm³/mol. The Hall–Kier alpha value is 1.14. The molecule has 7 heavy (non-hydrogen) atoms. The Morgan fingerprint density at radius 3 is 1.71 bits per heavy atom. The van der Waals surface area contributed by atoms with Crippen LogP contribution in [0.2, 0.25) is 0 Å². The van der Waals surface area contributed by atoms with Gasteiger partial charge in [-0.25, -0.2) is 4.79 Å². The summed E-state index contributed by atoms with van der Waals surface area (Å²) >= 11 is 0. The number of rotatable bonds is 1. The third-order valence-electron chi connectivity index (χ3n) is 0.101. The second-order valence-corrected chi connectivity index (χ2v) is 0.456. The number of hydrogen-bond donors (Lipinski definition) is 1. The Morgan fingerprint density at radius 1 is 1.57 bits per heavy atom. The quantitative estimate of drug-likeness (QED) is 0.214. The van der Waals surface area contributed by atoms with Crippen molar-refractivity contribution in [1.29, 1.82) is 0 Å². The smallest absolute Gasteiger partial charge is 1.00 e. The SMILES string of the molecule is O=CC(=O)O.[H-].[H-].[Na+].[Na+]. The van der Waals surface area contributed by atoms with Crippen LogP contribution in [-0.2, 0) is 9.59 Å². The van der Waals surface area contributed by atoms with Gasteiger partial charge in [0.05, 0.1) is 0 Å². The van der Waals surface area contributed by atoms with Crippen molar-refractivity contribution in [2.45, 2.75) is 0 Å². The van der Waals surface area contributed by atoms with Crippen molar-refractivity contribution in [3.05, 3.63) is 0 Å². The molecule has 0 aromatic heterocycles. The van der Waals surface area contributed by atoms with Crippen LogP contribution in [0.15, 0.2) is 0 Å². The van der Waals surface area contributed by atoms with Crippen LogP contribution in [0.5, 0.6) is 0 Å². The topological polar surface area (TPSA) is 54.4 Å². The maximum Gasteiger partial charge on any atom is 1.00 e. The fourth-order valence-electron chi connectivity index (χ4n) is 0. The molecule has 0 saturated carbocycles. The summed E-state index contributed by atoms with van der Waals surface area (Å²) < 4.78 is 0. The average molecular weight is 122 g/mol. The van der Waals surface area contributed by atoms with Gasteiger partial charge < -0.3 is 7.96 Å². The molecule has 0 radical (unpaired) electrons. The second-order valence-electron chi connectivity index (χ2n) is 0.456. The van der Waals surface area contributed by atoms with Crippen LogP contribution >= 0.6 is 0 Å². The first-order valence-electron chi connectivity index (χ1n) is 0.952. The summed E-state index contributed by atoms with van der Waals surface area (Å²) in [5, 5.41) is 7.35.